The number of nitrogens with one attached hydrogen (secondary N) is 1. The fourth-order valence-electron chi connectivity index (χ4n) is 1.80. The summed E-state index contributed by atoms with van der Waals surface area (Å²) in [5.74, 6) is 0.820. The highest BCUT2D eigenvalue weighted by atomic mass is 16.4. The number of carboxylic acid groups (broad SMARTS) is 1. The summed E-state index contributed by atoms with van der Waals surface area (Å²) in [6.07, 6.45) is 5.85. The molecule has 0 aliphatic rings. The number of amides is 1. The fourth-order valence-corrected chi connectivity index (χ4v) is 1.80. The molecule has 0 fully saturated rings. The van der Waals surface area contributed by atoms with Gasteiger partial charge in [0.15, 0.2) is 0 Å². The molecule has 0 saturated carbocycles. The Morgan fingerprint density at radius 3 is 2.43 bits per heavy atom. The van der Waals surface area contributed by atoms with Gasteiger partial charge in [-0.3, -0.25) is 4.79 Å². The first-order valence-corrected chi connectivity index (χ1v) is 6.66. The molecule has 1 unspecified atom stereocenters. The molecule has 0 radical (unpaired) electrons. The van der Waals surface area contributed by atoms with E-state index in [1.165, 1.54) is 0 Å². The minimum Gasteiger partial charge on any atom is -0.480 e. The van der Waals surface area contributed by atoms with Crippen molar-refractivity contribution in [2.45, 2.75) is 25.3 Å². The minimum atomic E-state index is -1.11. The summed E-state index contributed by atoms with van der Waals surface area (Å²) in [7, 11) is 3.92. The van der Waals surface area contributed by atoms with Crippen LogP contribution in [0, 0.1) is 12.3 Å². The van der Waals surface area contributed by atoms with Gasteiger partial charge >= 0.3 is 5.97 Å². The second-order valence-corrected chi connectivity index (χ2v) is 4.93. The van der Waals surface area contributed by atoms with E-state index in [1.807, 2.05) is 43.3 Å². The summed E-state index contributed by atoms with van der Waals surface area (Å²) in [5.41, 5.74) is 2.11. The van der Waals surface area contributed by atoms with Crippen molar-refractivity contribution in [1.29, 1.82) is 0 Å². The van der Waals surface area contributed by atoms with Crippen molar-refractivity contribution in [3.05, 3.63) is 29.8 Å². The maximum atomic E-state index is 11.7. The second-order valence-electron chi connectivity index (χ2n) is 4.93. The zero-order valence-corrected chi connectivity index (χ0v) is 12.3. The largest absolute Gasteiger partial charge is 0.480 e. The van der Waals surface area contributed by atoms with E-state index in [4.69, 9.17) is 11.5 Å². The first-order valence-electron chi connectivity index (χ1n) is 6.66. The Morgan fingerprint density at radius 1 is 1.33 bits per heavy atom. The number of anilines is 1. The molecule has 0 aromatic heterocycles. The van der Waals surface area contributed by atoms with Crippen LogP contribution in [0.5, 0.6) is 0 Å². The highest BCUT2D eigenvalue weighted by molar-refractivity contribution is 5.83. The van der Waals surface area contributed by atoms with Crippen LogP contribution in [0.2, 0.25) is 0 Å². The van der Waals surface area contributed by atoms with Crippen molar-refractivity contribution in [2.75, 3.05) is 19.0 Å². The number of hydrogen-bond donors (Lipinski definition) is 2. The molecule has 1 amide bonds. The van der Waals surface area contributed by atoms with Gasteiger partial charge in [-0.2, -0.15) is 0 Å². The third-order valence-corrected chi connectivity index (χ3v) is 3.05. The standard InChI is InChI=1S/C16H20N2O3/c1-4-5-14(16(20)21)17-15(19)11-8-12-6-9-13(10-7-12)18(2)3/h1,6-7,9-10,14H,5,8,11H2,2-3H3,(H,17,19)(H,20,21). The Labute approximate surface area is 125 Å². The zero-order chi connectivity index (χ0) is 15.8. The van der Waals surface area contributed by atoms with Crippen molar-refractivity contribution in [2.24, 2.45) is 0 Å². The first kappa shape index (κ1) is 16.6. The number of carbonyl (C=O) groups is 2. The molecule has 0 bridgehead atoms. The van der Waals surface area contributed by atoms with Crippen LogP contribution < -0.4 is 10.2 Å². The van der Waals surface area contributed by atoms with E-state index in [9.17, 15) is 9.59 Å². The maximum absolute atomic E-state index is 11.7. The SMILES string of the molecule is C#CCC(NC(=O)CCc1ccc(N(C)C)cc1)C(=O)O. The van der Waals surface area contributed by atoms with Gasteiger partial charge in [-0.25, -0.2) is 4.79 Å². The van der Waals surface area contributed by atoms with Gasteiger partial charge in [-0.15, -0.1) is 12.3 Å². The van der Waals surface area contributed by atoms with Gasteiger partial charge in [0.1, 0.15) is 6.04 Å². The monoisotopic (exact) mass is 288 g/mol. The van der Waals surface area contributed by atoms with Crippen LogP contribution in [0.4, 0.5) is 5.69 Å². The van der Waals surface area contributed by atoms with E-state index < -0.39 is 12.0 Å². The second kappa shape index (κ2) is 7.95. The normalized spacial score (nSPS) is 11.3. The lowest BCUT2D eigenvalue weighted by Crippen LogP contribution is -2.40. The molecule has 5 heteroatoms. The molecule has 21 heavy (non-hydrogen) atoms. The van der Waals surface area contributed by atoms with E-state index in [0.717, 1.165) is 11.3 Å². The predicted octanol–water partition coefficient (Wildman–Crippen LogP) is 1.28. The van der Waals surface area contributed by atoms with Crippen molar-refractivity contribution >= 4 is 17.6 Å². The quantitative estimate of drug-likeness (QED) is 0.742. The summed E-state index contributed by atoms with van der Waals surface area (Å²) in [6, 6.07) is 6.85. The Morgan fingerprint density at radius 2 is 1.95 bits per heavy atom. The smallest absolute Gasteiger partial charge is 0.327 e. The van der Waals surface area contributed by atoms with E-state index in [1.54, 1.807) is 0 Å². The molecule has 0 saturated heterocycles. The lowest BCUT2D eigenvalue weighted by molar-refractivity contribution is -0.141. The molecule has 0 heterocycles. The summed E-state index contributed by atoms with van der Waals surface area (Å²) in [6.45, 7) is 0. The van der Waals surface area contributed by atoms with Crippen LogP contribution in [0.1, 0.15) is 18.4 Å². The highest BCUT2D eigenvalue weighted by Gasteiger charge is 2.18. The number of terminal acetylenes is 1. The van der Waals surface area contributed by atoms with Crippen molar-refractivity contribution in [3.63, 3.8) is 0 Å². The molecular weight excluding hydrogens is 268 g/mol. The third kappa shape index (κ3) is 5.57. The van der Waals surface area contributed by atoms with Gasteiger partial charge in [-0.1, -0.05) is 12.1 Å². The van der Waals surface area contributed by atoms with Crippen LogP contribution in [0.25, 0.3) is 0 Å². The van der Waals surface area contributed by atoms with Gasteiger partial charge in [0.25, 0.3) is 0 Å². The van der Waals surface area contributed by atoms with Gasteiger partial charge < -0.3 is 15.3 Å². The van der Waals surface area contributed by atoms with Crippen molar-refractivity contribution in [1.82, 2.24) is 5.32 Å². The summed E-state index contributed by atoms with van der Waals surface area (Å²) < 4.78 is 0. The number of carbonyl (C=O) groups excluding carboxylic acids is 1. The van der Waals surface area contributed by atoms with Crippen LogP contribution >= 0.6 is 0 Å². The van der Waals surface area contributed by atoms with Crippen LogP contribution in [-0.4, -0.2) is 37.1 Å². The number of aliphatic carboxylic acids is 1. The van der Waals surface area contributed by atoms with Gasteiger partial charge in [0, 0.05) is 32.6 Å². The zero-order valence-electron chi connectivity index (χ0n) is 12.3. The number of aryl methyl sites for hydroxylation is 1. The number of nitrogens with zero attached hydrogens (tertiary/aromatic N) is 1. The topological polar surface area (TPSA) is 69.6 Å². The third-order valence-electron chi connectivity index (χ3n) is 3.05. The van der Waals surface area contributed by atoms with Gasteiger partial charge in [0.05, 0.1) is 0 Å². The molecule has 1 atom stereocenters. The van der Waals surface area contributed by atoms with Gasteiger partial charge in [-0.05, 0) is 24.1 Å². The van der Waals surface area contributed by atoms with E-state index >= 15 is 0 Å². The number of benzene rings is 1. The molecule has 0 spiro atoms. The van der Waals surface area contributed by atoms with Gasteiger partial charge in [0.2, 0.25) is 5.91 Å². The Bertz CT molecular complexity index is 529. The average molecular weight is 288 g/mol. The van der Waals surface area contributed by atoms with Crippen LogP contribution in [0.3, 0.4) is 0 Å². The predicted molar refractivity (Wildman–Crippen MR) is 82.1 cm³/mol. The Hall–Kier alpha value is -2.48. The highest BCUT2D eigenvalue weighted by Crippen LogP contribution is 2.13. The molecule has 0 aliphatic heterocycles. The minimum absolute atomic E-state index is 0.0153. The van der Waals surface area contributed by atoms with E-state index in [2.05, 4.69) is 11.2 Å². The Balaban J connectivity index is 2.49. The molecule has 5 nitrogen and oxygen atoms in total. The number of rotatable bonds is 7. The molecular formula is C16H20N2O3. The lowest BCUT2D eigenvalue weighted by atomic mass is 10.1. The first-order chi connectivity index (χ1) is 9.93. The maximum Gasteiger partial charge on any atom is 0.327 e. The molecule has 2 N–H and O–H groups in total. The summed E-state index contributed by atoms with van der Waals surface area (Å²) in [4.78, 5) is 24.6. The number of carboxylic acids is 1. The fraction of sp³-hybridized carbons (Fsp3) is 0.375. The van der Waals surface area contributed by atoms with Crippen molar-refractivity contribution in [3.8, 4) is 12.3 Å². The molecule has 1 aromatic rings. The lowest BCUT2D eigenvalue weighted by Gasteiger charge is -2.13. The number of hydrogen-bond acceptors (Lipinski definition) is 3. The van der Waals surface area contributed by atoms with Crippen molar-refractivity contribution < 1.29 is 14.7 Å². The average Bonchev–Trinajstić information content (AvgIpc) is 2.45. The molecule has 1 rings (SSSR count). The van der Waals surface area contributed by atoms with E-state index in [-0.39, 0.29) is 18.7 Å². The summed E-state index contributed by atoms with van der Waals surface area (Å²) in [5, 5.41) is 11.3. The molecule has 0 aliphatic carbocycles. The molecule has 1 aromatic carbocycles. The summed E-state index contributed by atoms with van der Waals surface area (Å²) >= 11 is 0. The van der Waals surface area contributed by atoms with E-state index in [0.29, 0.717) is 6.42 Å². The van der Waals surface area contributed by atoms with Crippen LogP contribution in [-0.2, 0) is 16.0 Å². The molecule has 112 valence electrons. The Kier molecular flexibility index (Phi) is 6.28. The van der Waals surface area contributed by atoms with Crippen LogP contribution in [0.15, 0.2) is 24.3 Å².